The van der Waals surface area contributed by atoms with Crippen LogP contribution in [-0.2, 0) is 12.8 Å². The van der Waals surface area contributed by atoms with Crippen LogP contribution in [0, 0.1) is 0 Å². The summed E-state index contributed by atoms with van der Waals surface area (Å²) in [7, 11) is 0. The van der Waals surface area contributed by atoms with Crippen molar-refractivity contribution < 1.29 is 5.11 Å². The quantitative estimate of drug-likeness (QED) is 0.881. The lowest BCUT2D eigenvalue weighted by Gasteiger charge is -2.26. The molecule has 1 aliphatic rings. The van der Waals surface area contributed by atoms with Gasteiger partial charge in [-0.25, -0.2) is 0 Å². The van der Waals surface area contributed by atoms with Crippen molar-refractivity contribution in [2.24, 2.45) is 5.73 Å². The number of para-hydroxylation sites is 1. The lowest BCUT2D eigenvalue weighted by Crippen LogP contribution is -2.44. The maximum absolute atomic E-state index is 10.4. The van der Waals surface area contributed by atoms with Gasteiger partial charge in [-0.15, -0.1) is 0 Å². The summed E-state index contributed by atoms with van der Waals surface area (Å²) in [5, 5.41) is 10.4. The van der Waals surface area contributed by atoms with Crippen molar-refractivity contribution in [2.75, 3.05) is 18.0 Å². The standard InChI is InChI=1S/C18H22N2O/c19-16(12-14-6-2-1-3-7-14)18(21)13-20-11-10-15-8-4-5-9-17(15)20/h1-9,16,18,21H,10-13,19H2. The number of rotatable bonds is 5. The van der Waals surface area contributed by atoms with Gasteiger partial charge in [-0.3, -0.25) is 0 Å². The third-order valence-electron chi connectivity index (χ3n) is 4.20. The first kappa shape index (κ1) is 14.1. The Hall–Kier alpha value is -1.84. The molecule has 0 radical (unpaired) electrons. The molecule has 3 rings (SSSR count). The van der Waals surface area contributed by atoms with Crippen molar-refractivity contribution in [1.29, 1.82) is 0 Å². The van der Waals surface area contributed by atoms with E-state index >= 15 is 0 Å². The van der Waals surface area contributed by atoms with E-state index in [1.807, 2.05) is 24.3 Å². The van der Waals surface area contributed by atoms with Crippen molar-refractivity contribution >= 4 is 5.69 Å². The van der Waals surface area contributed by atoms with Crippen LogP contribution >= 0.6 is 0 Å². The lowest BCUT2D eigenvalue weighted by atomic mass is 10.0. The highest BCUT2D eigenvalue weighted by atomic mass is 16.3. The van der Waals surface area contributed by atoms with Gasteiger partial charge in [0.05, 0.1) is 6.10 Å². The van der Waals surface area contributed by atoms with Crippen LogP contribution in [0.15, 0.2) is 54.6 Å². The van der Waals surface area contributed by atoms with Gasteiger partial charge in [0.25, 0.3) is 0 Å². The molecule has 2 aromatic rings. The number of aliphatic hydroxyl groups excluding tert-OH is 1. The van der Waals surface area contributed by atoms with Crippen LogP contribution in [0.5, 0.6) is 0 Å². The Morgan fingerprint density at radius 2 is 1.76 bits per heavy atom. The second-order valence-corrected chi connectivity index (χ2v) is 5.75. The van der Waals surface area contributed by atoms with Gasteiger partial charge in [-0.05, 0) is 30.0 Å². The van der Waals surface area contributed by atoms with Crippen LogP contribution in [0.4, 0.5) is 5.69 Å². The van der Waals surface area contributed by atoms with Crippen molar-refractivity contribution in [3.05, 3.63) is 65.7 Å². The van der Waals surface area contributed by atoms with Gasteiger partial charge in [0, 0.05) is 24.8 Å². The topological polar surface area (TPSA) is 49.5 Å². The smallest absolute Gasteiger partial charge is 0.0868 e. The van der Waals surface area contributed by atoms with Gasteiger partial charge < -0.3 is 15.7 Å². The fraction of sp³-hybridized carbons (Fsp3) is 0.333. The number of hydrogen-bond donors (Lipinski definition) is 2. The Balaban J connectivity index is 1.60. The fourth-order valence-corrected chi connectivity index (χ4v) is 2.98. The number of β-amino-alcohol motifs (C(OH)–C–C–N with tert-alkyl or cyclic N) is 1. The average Bonchev–Trinajstić information content (AvgIpc) is 2.91. The Morgan fingerprint density at radius 3 is 2.57 bits per heavy atom. The first-order chi connectivity index (χ1) is 10.2. The number of aliphatic hydroxyl groups is 1. The molecular weight excluding hydrogens is 260 g/mol. The summed E-state index contributed by atoms with van der Waals surface area (Å²) in [6, 6.07) is 18.3. The summed E-state index contributed by atoms with van der Waals surface area (Å²) in [5.74, 6) is 0. The molecule has 3 nitrogen and oxygen atoms in total. The van der Waals surface area contributed by atoms with E-state index in [1.54, 1.807) is 0 Å². The predicted molar refractivity (Wildman–Crippen MR) is 86.5 cm³/mol. The van der Waals surface area contributed by atoms with Crippen LogP contribution in [0.2, 0.25) is 0 Å². The molecule has 2 atom stereocenters. The number of nitrogens with zero attached hydrogens (tertiary/aromatic N) is 1. The molecule has 0 fully saturated rings. The minimum atomic E-state index is -0.517. The largest absolute Gasteiger partial charge is 0.390 e. The minimum Gasteiger partial charge on any atom is -0.390 e. The number of anilines is 1. The van der Waals surface area contributed by atoms with E-state index < -0.39 is 6.10 Å². The van der Waals surface area contributed by atoms with E-state index in [-0.39, 0.29) is 6.04 Å². The molecule has 3 heteroatoms. The summed E-state index contributed by atoms with van der Waals surface area (Å²) in [4.78, 5) is 2.24. The van der Waals surface area contributed by atoms with E-state index in [1.165, 1.54) is 16.8 Å². The molecule has 21 heavy (non-hydrogen) atoms. The van der Waals surface area contributed by atoms with Crippen molar-refractivity contribution in [3.63, 3.8) is 0 Å². The van der Waals surface area contributed by atoms with Crippen LogP contribution in [0.1, 0.15) is 11.1 Å². The first-order valence-corrected chi connectivity index (χ1v) is 7.54. The molecule has 0 aromatic heterocycles. The molecule has 2 unspecified atom stereocenters. The Labute approximate surface area is 126 Å². The number of fused-ring (bicyclic) bond motifs is 1. The molecule has 0 aliphatic carbocycles. The van der Waals surface area contributed by atoms with E-state index in [4.69, 9.17) is 5.73 Å². The van der Waals surface area contributed by atoms with E-state index in [0.29, 0.717) is 13.0 Å². The van der Waals surface area contributed by atoms with Gasteiger partial charge in [-0.1, -0.05) is 48.5 Å². The predicted octanol–water partition coefficient (Wildman–Crippen LogP) is 1.98. The van der Waals surface area contributed by atoms with Crippen molar-refractivity contribution in [2.45, 2.75) is 25.0 Å². The Bertz CT molecular complexity index is 585. The third kappa shape index (κ3) is 3.26. The van der Waals surface area contributed by atoms with Crippen LogP contribution in [-0.4, -0.2) is 30.3 Å². The van der Waals surface area contributed by atoms with Gasteiger partial charge in [0.15, 0.2) is 0 Å². The van der Waals surface area contributed by atoms with Crippen molar-refractivity contribution in [3.8, 4) is 0 Å². The zero-order valence-corrected chi connectivity index (χ0v) is 12.2. The van der Waals surface area contributed by atoms with Gasteiger partial charge in [0.1, 0.15) is 0 Å². The maximum atomic E-state index is 10.4. The summed E-state index contributed by atoms with van der Waals surface area (Å²) in [6.45, 7) is 1.57. The zero-order valence-electron chi connectivity index (χ0n) is 12.2. The average molecular weight is 282 g/mol. The molecule has 110 valence electrons. The van der Waals surface area contributed by atoms with E-state index in [2.05, 4.69) is 35.2 Å². The summed E-state index contributed by atoms with van der Waals surface area (Å²) >= 11 is 0. The zero-order chi connectivity index (χ0) is 14.7. The summed E-state index contributed by atoms with van der Waals surface area (Å²) in [5.41, 5.74) is 9.94. The molecule has 1 heterocycles. The monoisotopic (exact) mass is 282 g/mol. The second-order valence-electron chi connectivity index (χ2n) is 5.75. The highest BCUT2D eigenvalue weighted by molar-refractivity contribution is 5.57. The molecule has 0 bridgehead atoms. The maximum Gasteiger partial charge on any atom is 0.0868 e. The third-order valence-corrected chi connectivity index (χ3v) is 4.20. The molecule has 2 aromatic carbocycles. The normalized spacial score (nSPS) is 16.6. The lowest BCUT2D eigenvalue weighted by molar-refractivity contribution is 0.150. The Kier molecular flexibility index (Phi) is 4.23. The summed E-state index contributed by atoms with van der Waals surface area (Å²) < 4.78 is 0. The Morgan fingerprint density at radius 1 is 1.05 bits per heavy atom. The van der Waals surface area contributed by atoms with E-state index in [0.717, 1.165) is 13.0 Å². The SMILES string of the molecule is NC(Cc1ccccc1)C(O)CN1CCc2ccccc21. The van der Waals surface area contributed by atoms with Crippen molar-refractivity contribution in [1.82, 2.24) is 0 Å². The van der Waals surface area contributed by atoms with Crippen LogP contribution in [0.3, 0.4) is 0 Å². The molecule has 0 amide bonds. The number of benzene rings is 2. The van der Waals surface area contributed by atoms with Gasteiger partial charge in [0.2, 0.25) is 0 Å². The molecule has 0 saturated heterocycles. The van der Waals surface area contributed by atoms with Crippen LogP contribution in [0.25, 0.3) is 0 Å². The molecule has 0 spiro atoms. The summed E-state index contributed by atoms with van der Waals surface area (Å²) in [6.07, 6.45) is 1.24. The number of hydrogen-bond acceptors (Lipinski definition) is 3. The van der Waals surface area contributed by atoms with Gasteiger partial charge >= 0.3 is 0 Å². The van der Waals surface area contributed by atoms with E-state index in [9.17, 15) is 5.11 Å². The highest BCUT2D eigenvalue weighted by Gasteiger charge is 2.23. The second kappa shape index (κ2) is 6.29. The molecule has 3 N–H and O–H groups in total. The van der Waals surface area contributed by atoms with Gasteiger partial charge in [-0.2, -0.15) is 0 Å². The molecule has 0 saturated carbocycles. The minimum absolute atomic E-state index is 0.236. The number of nitrogens with two attached hydrogens (primary N) is 1. The molecule has 1 aliphatic heterocycles. The van der Waals surface area contributed by atoms with Crippen LogP contribution < -0.4 is 10.6 Å². The fourth-order valence-electron chi connectivity index (χ4n) is 2.98. The highest BCUT2D eigenvalue weighted by Crippen LogP contribution is 2.27. The molecular formula is C18H22N2O. The first-order valence-electron chi connectivity index (χ1n) is 7.54.